The van der Waals surface area contributed by atoms with Crippen LogP contribution in [0.1, 0.15) is 27.6 Å². The second-order valence-electron chi connectivity index (χ2n) is 3.48. The Hall–Kier alpha value is -2.36. The van der Waals surface area contributed by atoms with E-state index in [2.05, 4.69) is 0 Å². The monoisotopic (exact) mass is 246 g/mol. The van der Waals surface area contributed by atoms with Gasteiger partial charge in [-0.3, -0.25) is 9.59 Å². The second kappa shape index (κ2) is 6.39. The highest BCUT2D eigenvalue weighted by atomic mass is 16.5. The molecule has 0 fully saturated rings. The first-order chi connectivity index (χ1) is 8.63. The van der Waals surface area contributed by atoms with E-state index >= 15 is 0 Å². The molecule has 94 valence electrons. The van der Waals surface area contributed by atoms with Gasteiger partial charge in [0.1, 0.15) is 11.5 Å². The second-order valence-corrected chi connectivity index (χ2v) is 3.48. The molecule has 1 rings (SSSR count). The maximum absolute atomic E-state index is 11.9. The van der Waals surface area contributed by atoms with Crippen LogP contribution in [0.5, 0.6) is 11.5 Å². The third-order valence-electron chi connectivity index (χ3n) is 2.29. The molecule has 0 spiro atoms. The minimum Gasteiger partial charge on any atom is -0.507 e. The molecule has 0 amide bonds. The molecule has 0 saturated carbocycles. The van der Waals surface area contributed by atoms with Gasteiger partial charge in [-0.2, -0.15) is 0 Å². The summed E-state index contributed by atoms with van der Waals surface area (Å²) in [5.41, 5.74) is 0.289. The Bertz CT molecular complexity index is 513. The Morgan fingerprint density at radius 1 is 1.33 bits per heavy atom. The number of hydrogen-bond acceptors (Lipinski definition) is 4. The first-order valence-electron chi connectivity index (χ1n) is 5.34. The molecule has 0 radical (unpaired) electrons. The molecule has 0 aliphatic heterocycles. The molecule has 0 aliphatic carbocycles. The number of phenols is 1. The highest BCUT2D eigenvalue weighted by Crippen LogP contribution is 2.27. The number of ether oxygens (including phenoxy) is 1. The standard InChI is InChI=1S/C14H14O4/c1-3-4-5-6-12(16)11-7-10(9-15)13(17)8-14(11)18-2/h3-9,17H,1-2H3. The molecule has 4 nitrogen and oxygen atoms in total. The number of benzene rings is 1. The van der Waals surface area contributed by atoms with E-state index < -0.39 is 0 Å². The quantitative estimate of drug-likeness (QED) is 0.375. The summed E-state index contributed by atoms with van der Waals surface area (Å²) >= 11 is 0. The van der Waals surface area contributed by atoms with E-state index in [-0.39, 0.29) is 28.4 Å². The third-order valence-corrected chi connectivity index (χ3v) is 2.29. The molecule has 4 heteroatoms. The molecule has 0 saturated heterocycles. The van der Waals surface area contributed by atoms with Gasteiger partial charge in [0, 0.05) is 6.07 Å². The summed E-state index contributed by atoms with van der Waals surface area (Å²) in [6.45, 7) is 1.83. The van der Waals surface area contributed by atoms with Crippen molar-refractivity contribution in [2.75, 3.05) is 7.11 Å². The van der Waals surface area contributed by atoms with Crippen LogP contribution in [0.15, 0.2) is 36.4 Å². The van der Waals surface area contributed by atoms with Crippen LogP contribution < -0.4 is 4.74 Å². The number of aromatic hydroxyl groups is 1. The van der Waals surface area contributed by atoms with Crippen molar-refractivity contribution in [1.82, 2.24) is 0 Å². The number of methoxy groups -OCH3 is 1. The van der Waals surface area contributed by atoms with Crippen LogP contribution in [0.3, 0.4) is 0 Å². The number of carbonyl (C=O) groups excluding carboxylic acids is 2. The van der Waals surface area contributed by atoms with E-state index in [1.165, 1.54) is 25.3 Å². The number of carbonyl (C=O) groups is 2. The van der Waals surface area contributed by atoms with Gasteiger partial charge in [0.15, 0.2) is 12.1 Å². The van der Waals surface area contributed by atoms with E-state index in [9.17, 15) is 14.7 Å². The van der Waals surface area contributed by atoms with Crippen LogP contribution in [-0.4, -0.2) is 24.3 Å². The predicted octanol–water partition coefficient (Wildman–Crippen LogP) is 2.53. The van der Waals surface area contributed by atoms with Gasteiger partial charge >= 0.3 is 0 Å². The van der Waals surface area contributed by atoms with Crippen LogP contribution in [0.25, 0.3) is 0 Å². The first-order valence-corrected chi connectivity index (χ1v) is 5.34. The summed E-state index contributed by atoms with van der Waals surface area (Å²) < 4.78 is 5.00. The van der Waals surface area contributed by atoms with E-state index in [1.54, 1.807) is 18.2 Å². The van der Waals surface area contributed by atoms with Gasteiger partial charge in [-0.25, -0.2) is 0 Å². The average molecular weight is 246 g/mol. The molecule has 1 aromatic rings. The van der Waals surface area contributed by atoms with Crippen molar-refractivity contribution in [2.24, 2.45) is 0 Å². The molecular formula is C14H14O4. The molecule has 0 bridgehead atoms. The number of aldehydes is 1. The van der Waals surface area contributed by atoms with Crippen LogP contribution in [0.2, 0.25) is 0 Å². The van der Waals surface area contributed by atoms with Gasteiger partial charge in [0.05, 0.1) is 18.2 Å². The van der Waals surface area contributed by atoms with Crippen molar-refractivity contribution in [3.05, 3.63) is 47.6 Å². The molecular weight excluding hydrogens is 232 g/mol. The first kappa shape index (κ1) is 13.7. The summed E-state index contributed by atoms with van der Waals surface area (Å²) in [5, 5.41) is 9.49. The summed E-state index contributed by atoms with van der Waals surface area (Å²) in [6.07, 6.45) is 6.94. The number of rotatable bonds is 5. The minimum atomic E-state index is -0.298. The fraction of sp³-hybridized carbons (Fsp3) is 0.143. The fourth-order valence-electron chi connectivity index (χ4n) is 1.39. The summed E-state index contributed by atoms with van der Waals surface area (Å²) in [5.74, 6) is -0.280. The van der Waals surface area contributed by atoms with E-state index in [4.69, 9.17) is 4.74 Å². The Morgan fingerprint density at radius 2 is 2.06 bits per heavy atom. The maximum Gasteiger partial charge on any atom is 0.189 e. The molecule has 18 heavy (non-hydrogen) atoms. The van der Waals surface area contributed by atoms with Gasteiger partial charge in [-0.1, -0.05) is 18.2 Å². The molecule has 1 aromatic carbocycles. The fourth-order valence-corrected chi connectivity index (χ4v) is 1.39. The normalized spacial score (nSPS) is 11.0. The molecule has 0 heterocycles. The zero-order chi connectivity index (χ0) is 13.5. The molecule has 0 unspecified atom stereocenters. The van der Waals surface area contributed by atoms with E-state index in [0.717, 1.165) is 0 Å². The SMILES string of the molecule is CC=CC=CC(=O)c1cc(C=O)c(O)cc1OC. The minimum absolute atomic E-state index is 0.0542. The number of hydrogen-bond donors (Lipinski definition) is 1. The van der Waals surface area contributed by atoms with Crippen LogP contribution in [0, 0.1) is 0 Å². The van der Waals surface area contributed by atoms with Gasteiger partial charge in [-0.05, 0) is 19.1 Å². The largest absolute Gasteiger partial charge is 0.507 e. The zero-order valence-electron chi connectivity index (χ0n) is 10.2. The van der Waals surface area contributed by atoms with Gasteiger partial charge < -0.3 is 9.84 Å². The van der Waals surface area contributed by atoms with Gasteiger partial charge in [0.25, 0.3) is 0 Å². The van der Waals surface area contributed by atoms with Gasteiger partial charge in [0.2, 0.25) is 0 Å². The Kier molecular flexibility index (Phi) is 4.87. The lowest BCUT2D eigenvalue weighted by atomic mass is 10.0. The Balaban J connectivity index is 3.21. The molecule has 0 aromatic heterocycles. The van der Waals surface area contributed by atoms with Crippen molar-refractivity contribution >= 4 is 12.1 Å². The predicted molar refractivity (Wildman–Crippen MR) is 68.3 cm³/mol. The van der Waals surface area contributed by atoms with Crippen LogP contribution in [-0.2, 0) is 0 Å². The summed E-state index contributed by atoms with van der Waals surface area (Å²) in [6, 6.07) is 2.56. The highest BCUT2D eigenvalue weighted by Gasteiger charge is 2.13. The van der Waals surface area contributed by atoms with Crippen molar-refractivity contribution in [1.29, 1.82) is 0 Å². The summed E-state index contributed by atoms with van der Waals surface area (Å²) in [4.78, 5) is 22.6. The van der Waals surface area contributed by atoms with Crippen molar-refractivity contribution < 1.29 is 19.4 Å². The smallest absolute Gasteiger partial charge is 0.189 e. The van der Waals surface area contributed by atoms with Crippen molar-refractivity contribution in [2.45, 2.75) is 6.92 Å². The lowest BCUT2D eigenvalue weighted by Gasteiger charge is -2.07. The number of phenolic OH excluding ortho intramolecular Hbond substituents is 1. The Labute approximate surface area is 105 Å². The van der Waals surface area contributed by atoms with Crippen molar-refractivity contribution in [3.63, 3.8) is 0 Å². The lowest BCUT2D eigenvalue weighted by molar-refractivity contribution is 0.104. The topological polar surface area (TPSA) is 63.6 Å². The molecule has 0 atom stereocenters. The van der Waals surface area contributed by atoms with Crippen LogP contribution in [0.4, 0.5) is 0 Å². The molecule has 0 aliphatic rings. The highest BCUT2D eigenvalue weighted by molar-refractivity contribution is 6.07. The third kappa shape index (κ3) is 3.07. The zero-order valence-corrected chi connectivity index (χ0v) is 10.2. The average Bonchev–Trinajstić information content (AvgIpc) is 2.38. The van der Waals surface area contributed by atoms with Crippen molar-refractivity contribution in [3.8, 4) is 11.5 Å². The lowest BCUT2D eigenvalue weighted by Crippen LogP contribution is -2.00. The van der Waals surface area contributed by atoms with Crippen LogP contribution >= 0.6 is 0 Å². The molecule has 1 N–H and O–H groups in total. The Morgan fingerprint density at radius 3 is 2.61 bits per heavy atom. The number of allylic oxidation sites excluding steroid dienone is 4. The van der Waals surface area contributed by atoms with E-state index in [1.807, 2.05) is 6.92 Å². The van der Waals surface area contributed by atoms with Gasteiger partial charge in [-0.15, -0.1) is 0 Å². The summed E-state index contributed by atoms with van der Waals surface area (Å²) in [7, 11) is 1.39. The van der Waals surface area contributed by atoms with E-state index in [0.29, 0.717) is 6.29 Å². The maximum atomic E-state index is 11.9. The number of ketones is 1.